The Morgan fingerprint density at radius 1 is 1.08 bits per heavy atom. The first-order valence-electron chi connectivity index (χ1n) is 7.09. The van der Waals surface area contributed by atoms with Gasteiger partial charge in [-0.1, -0.05) is 27.5 Å². The quantitative estimate of drug-likeness (QED) is 0.580. The molecule has 24 heavy (non-hydrogen) atoms. The molecular weight excluding hydrogens is 394 g/mol. The number of oxazole rings is 1. The summed E-state index contributed by atoms with van der Waals surface area (Å²) in [5.41, 5.74) is 2.42. The summed E-state index contributed by atoms with van der Waals surface area (Å²) in [7, 11) is 0. The predicted molar refractivity (Wildman–Crippen MR) is 99.1 cm³/mol. The largest absolute Gasteiger partial charge is 0.423 e. The van der Waals surface area contributed by atoms with Crippen LogP contribution in [0.25, 0.3) is 11.3 Å². The van der Waals surface area contributed by atoms with Crippen molar-refractivity contribution in [3.8, 4) is 11.3 Å². The van der Waals surface area contributed by atoms with Gasteiger partial charge in [0.2, 0.25) is 5.91 Å². The van der Waals surface area contributed by atoms with Gasteiger partial charge in [0.05, 0.1) is 11.5 Å². The number of anilines is 3. The Morgan fingerprint density at radius 2 is 1.75 bits per heavy atom. The van der Waals surface area contributed by atoms with Crippen molar-refractivity contribution in [3.63, 3.8) is 0 Å². The molecule has 3 rings (SSSR count). The fourth-order valence-electron chi connectivity index (χ4n) is 2.03. The van der Waals surface area contributed by atoms with Gasteiger partial charge in [0.25, 0.3) is 6.01 Å². The minimum Gasteiger partial charge on any atom is -0.423 e. The van der Waals surface area contributed by atoms with Crippen molar-refractivity contribution in [1.29, 1.82) is 0 Å². The van der Waals surface area contributed by atoms with E-state index in [9.17, 15) is 4.79 Å². The van der Waals surface area contributed by atoms with Crippen LogP contribution < -0.4 is 10.6 Å². The first-order chi connectivity index (χ1) is 11.6. The van der Waals surface area contributed by atoms with Crippen molar-refractivity contribution < 1.29 is 9.21 Å². The highest BCUT2D eigenvalue weighted by Gasteiger charge is 2.07. The first-order valence-corrected chi connectivity index (χ1v) is 8.58. The van der Waals surface area contributed by atoms with E-state index in [4.69, 9.17) is 16.0 Å². The summed E-state index contributed by atoms with van der Waals surface area (Å²) < 4.78 is 5.68. The van der Waals surface area contributed by atoms with Crippen LogP contribution in [0.5, 0.6) is 0 Å². The highest BCUT2D eigenvalue weighted by atomic mass is 79.9. The van der Waals surface area contributed by atoms with Crippen molar-refractivity contribution in [2.75, 3.05) is 16.0 Å². The predicted octanol–water partition coefficient (Wildman–Crippen LogP) is 5.07. The summed E-state index contributed by atoms with van der Waals surface area (Å²) in [5, 5.41) is 6.75. The number of halogens is 2. The summed E-state index contributed by atoms with van der Waals surface area (Å²) in [6, 6.07) is 15.0. The smallest absolute Gasteiger partial charge is 0.299 e. The molecule has 1 amide bonds. The molecule has 5 nitrogen and oxygen atoms in total. The lowest BCUT2D eigenvalue weighted by Crippen LogP contribution is -2.11. The van der Waals surface area contributed by atoms with Crippen LogP contribution in [0.2, 0.25) is 5.02 Å². The molecule has 0 saturated carbocycles. The van der Waals surface area contributed by atoms with Gasteiger partial charge in [-0.15, -0.1) is 0 Å². The van der Waals surface area contributed by atoms with Crippen LogP contribution in [0.3, 0.4) is 0 Å². The van der Waals surface area contributed by atoms with E-state index in [2.05, 4.69) is 31.5 Å². The highest BCUT2D eigenvalue weighted by Crippen LogP contribution is 2.26. The molecule has 7 heteroatoms. The SMILES string of the molecule is O=C(CBr)Nc1ccc(Nc2ncc(-c3ccc(Cl)cc3)o2)cc1. The molecule has 2 N–H and O–H groups in total. The third kappa shape index (κ3) is 4.15. The molecule has 0 aliphatic carbocycles. The van der Waals surface area contributed by atoms with Gasteiger partial charge in [0.1, 0.15) is 0 Å². The van der Waals surface area contributed by atoms with Crippen molar-refractivity contribution >= 4 is 50.8 Å². The van der Waals surface area contributed by atoms with E-state index in [1.54, 1.807) is 30.5 Å². The molecule has 0 aliphatic rings. The molecule has 0 saturated heterocycles. The second-order valence-electron chi connectivity index (χ2n) is 4.92. The van der Waals surface area contributed by atoms with E-state index in [1.165, 1.54) is 0 Å². The van der Waals surface area contributed by atoms with E-state index < -0.39 is 0 Å². The summed E-state index contributed by atoms with van der Waals surface area (Å²) in [5.74, 6) is 0.548. The highest BCUT2D eigenvalue weighted by molar-refractivity contribution is 9.09. The van der Waals surface area contributed by atoms with Gasteiger partial charge in [-0.2, -0.15) is 0 Å². The van der Waals surface area contributed by atoms with Gasteiger partial charge in [-0.3, -0.25) is 4.79 Å². The number of hydrogen-bond acceptors (Lipinski definition) is 4. The van der Waals surface area contributed by atoms with Crippen LogP contribution in [-0.4, -0.2) is 16.2 Å². The molecule has 1 aromatic heterocycles. The number of rotatable bonds is 5. The zero-order chi connectivity index (χ0) is 16.9. The fourth-order valence-corrected chi connectivity index (χ4v) is 2.30. The van der Waals surface area contributed by atoms with Gasteiger partial charge >= 0.3 is 0 Å². The third-order valence-electron chi connectivity index (χ3n) is 3.18. The molecule has 0 aliphatic heterocycles. The van der Waals surface area contributed by atoms with Crippen LogP contribution in [0.15, 0.2) is 59.1 Å². The van der Waals surface area contributed by atoms with Gasteiger partial charge in [-0.25, -0.2) is 4.98 Å². The second kappa shape index (κ2) is 7.51. The van der Waals surface area contributed by atoms with Gasteiger partial charge in [0.15, 0.2) is 5.76 Å². The lowest BCUT2D eigenvalue weighted by Gasteiger charge is -2.05. The molecule has 122 valence electrons. The van der Waals surface area contributed by atoms with Gasteiger partial charge < -0.3 is 15.1 Å². The van der Waals surface area contributed by atoms with E-state index in [0.29, 0.717) is 16.8 Å². The number of amides is 1. The molecule has 0 fully saturated rings. The molecule has 0 bridgehead atoms. The van der Waals surface area contributed by atoms with Crippen LogP contribution in [-0.2, 0) is 4.79 Å². The molecule has 0 atom stereocenters. The summed E-state index contributed by atoms with van der Waals surface area (Å²) >= 11 is 8.98. The number of nitrogens with zero attached hydrogens (tertiary/aromatic N) is 1. The summed E-state index contributed by atoms with van der Waals surface area (Å²) in [6.45, 7) is 0. The maximum absolute atomic E-state index is 11.3. The lowest BCUT2D eigenvalue weighted by molar-refractivity contribution is -0.113. The molecule has 0 unspecified atom stereocenters. The molecule has 1 heterocycles. The zero-order valence-electron chi connectivity index (χ0n) is 12.4. The topological polar surface area (TPSA) is 67.2 Å². The van der Waals surface area contributed by atoms with Crippen molar-refractivity contribution in [1.82, 2.24) is 4.98 Å². The Hall–Kier alpha value is -2.31. The van der Waals surface area contributed by atoms with Gasteiger partial charge in [-0.05, 0) is 48.5 Å². The Kier molecular flexibility index (Phi) is 5.17. The van der Waals surface area contributed by atoms with Crippen LogP contribution in [0.4, 0.5) is 17.4 Å². The summed E-state index contributed by atoms with van der Waals surface area (Å²) in [6.07, 6.45) is 1.65. The molecule has 2 aromatic carbocycles. The van der Waals surface area contributed by atoms with Crippen molar-refractivity contribution in [2.24, 2.45) is 0 Å². The number of carbonyl (C=O) groups is 1. The van der Waals surface area contributed by atoms with Crippen molar-refractivity contribution in [2.45, 2.75) is 0 Å². The number of nitrogens with one attached hydrogen (secondary N) is 2. The Bertz CT molecular complexity index is 832. The Morgan fingerprint density at radius 3 is 2.42 bits per heavy atom. The minimum absolute atomic E-state index is 0.101. The molecule has 0 spiro atoms. The second-order valence-corrected chi connectivity index (χ2v) is 5.92. The molecule has 0 radical (unpaired) electrons. The van der Waals surface area contributed by atoms with E-state index in [0.717, 1.165) is 16.9 Å². The minimum atomic E-state index is -0.101. The molecular formula is C17H13BrClN3O2. The number of benzene rings is 2. The number of carbonyl (C=O) groups excluding carboxylic acids is 1. The third-order valence-corrected chi connectivity index (χ3v) is 3.94. The van der Waals surface area contributed by atoms with E-state index in [-0.39, 0.29) is 11.2 Å². The van der Waals surface area contributed by atoms with Gasteiger partial charge in [0, 0.05) is 22.0 Å². The van der Waals surface area contributed by atoms with Crippen LogP contribution in [0.1, 0.15) is 0 Å². The summed E-state index contributed by atoms with van der Waals surface area (Å²) in [4.78, 5) is 15.5. The monoisotopic (exact) mass is 405 g/mol. The number of alkyl halides is 1. The fraction of sp³-hybridized carbons (Fsp3) is 0.0588. The Balaban J connectivity index is 1.68. The van der Waals surface area contributed by atoms with Crippen LogP contribution in [0, 0.1) is 0 Å². The average molecular weight is 407 g/mol. The maximum Gasteiger partial charge on any atom is 0.299 e. The lowest BCUT2D eigenvalue weighted by atomic mass is 10.2. The van der Waals surface area contributed by atoms with Crippen LogP contribution >= 0.6 is 27.5 Å². The average Bonchev–Trinajstić information content (AvgIpc) is 3.05. The van der Waals surface area contributed by atoms with E-state index >= 15 is 0 Å². The van der Waals surface area contributed by atoms with E-state index in [1.807, 2.05) is 24.3 Å². The number of hydrogen-bond donors (Lipinski definition) is 2. The normalized spacial score (nSPS) is 10.4. The Labute approximate surface area is 152 Å². The first kappa shape index (κ1) is 16.5. The molecule has 3 aromatic rings. The maximum atomic E-state index is 11.3. The standard InChI is InChI=1S/C17H13BrClN3O2/c18-9-16(23)21-13-5-7-14(8-6-13)22-17-20-10-15(24-17)11-1-3-12(19)4-2-11/h1-8,10H,9H2,(H,20,22)(H,21,23). The van der Waals surface area contributed by atoms with Crippen molar-refractivity contribution in [3.05, 3.63) is 59.8 Å². The zero-order valence-corrected chi connectivity index (χ0v) is 14.8. The number of aromatic nitrogens is 1.